The third kappa shape index (κ3) is 9.23. The zero-order valence-electron chi connectivity index (χ0n) is 24.9. The summed E-state index contributed by atoms with van der Waals surface area (Å²) in [5.74, 6) is 0.312. The van der Waals surface area contributed by atoms with Crippen LogP contribution in [0.25, 0.3) is 21.5 Å². The zero-order valence-corrected chi connectivity index (χ0v) is 25.7. The van der Waals surface area contributed by atoms with Gasteiger partial charge in [-0.15, -0.1) is 0 Å². The smallest absolute Gasteiger partial charge is 0.468 e. The van der Waals surface area contributed by atoms with Gasteiger partial charge in [0.25, 0.3) is 0 Å². The van der Waals surface area contributed by atoms with E-state index in [1.807, 2.05) is 6.07 Å². The number of methoxy groups -OCH3 is 2. The van der Waals surface area contributed by atoms with E-state index >= 15 is 0 Å². The number of para-hydroxylation sites is 1. The summed E-state index contributed by atoms with van der Waals surface area (Å²) in [6, 6.07) is 12.4. The van der Waals surface area contributed by atoms with Crippen LogP contribution in [0.5, 0.6) is 23.1 Å². The number of alkyl halides is 6. The van der Waals surface area contributed by atoms with E-state index in [9.17, 15) is 26.3 Å². The maximum Gasteiger partial charge on any atom is 0.492 e. The van der Waals surface area contributed by atoms with Crippen molar-refractivity contribution in [1.29, 1.82) is 0 Å². The van der Waals surface area contributed by atoms with Crippen LogP contribution >= 0.6 is 11.3 Å². The molecule has 2 heterocycles. The van der Waals surface area contributed by atoms with Crippen molar-refractivity contribution < 1.29 is 60.1 Å². The number of thiazole rings is 1. The zero-order chi connectivity index (χ0) is 35.1. The van der Waals surface area contributed by atoms with Gasteiger partial charge < -0.3 is 39.5 Å². The maximum atomic E-state index is 13.1. The van der Waals surface area contributed by atoms with E-state index in [1.165, 1.54) is 44.0 Å². The number of fused-ring (bicyclic) bond motifs is 1. The molecule has 0 spiro atoms. The molecule has 5 rings (SSSR count). The van der Waals surface area contributed by atoms with E-state index in [4.69, 9.17) is 34.7 Å². The number of aromatic nitrogens is 3. The SMILES string of the molecule is COCOc1cc(C(F)(F)F)ccc1-c1cc(Oc2cccc3sc(N)nc23)ncn1.COCOc1cc(C(F)(F)F)ccc1B(O)O. The standard InChI is InChI=1S/C20H15F3N4O3S.C9H10BF3O4/c1-28-10-29-15-7-11(20(21,22)23)5-6-12(15)13-8-17(26-9-25-13)30-14-3-2-4-16-18(14)27-19(24)31-16;1-16-5-17-8-4-6(9(11,12)13)2-3-7(8)10(14)15/h2-9H,10H2,1H3,(H2,24,27);2-4,14-15H,5H2,1H3. The van der Waals surface area contributed by atoms with Crippen molar-refractivity contribution in [3.63, 3.8) is 0 Å². The molecule has 254 valence electrons. The number of nitrogens with zero attached hydrogens (tertiary/aromatic N) is 3. The largest absolute Gasteiger partial charge is 0.492 e. The summed E-state index contributed by atoms with van der Waals surface area (Å²) in [5, 5.41) is 18.3. The Labute approximate surface area is 272 Å². The van der Waals surface area contributed by atoms with Gasteiger partial charge in [-0.3, -0.25) is 0 Å². The Kier molecular flexibility index (Phi) is 11.7. The Hall–Kier alpha value is -4.69. The van der Waals surface area contributed by atoms with E-state index in [-0.39, 0.29) is 36.4 Å². The summed E-state index contributed by atoms with van der Waals surface area (Å²) in [6.07, 6.45) is -7.79. The molecular weight excluding hydrogens is 673 g/mol. The van der Waals surface area contributed by atoms with Crippen molar-refractivity contribution in [2.24, 2.45) is 0 Å². The van der Waals surface area contributed by atoms with Gasteiger partial charge in [0.2, 0.25) is 5.88 Å². The third-order valence-corrected chi connectivity index (χ3v) is 6.97. The minimum Gasteiger partial charge on any atom is -0.468 e. The molecule has 3 aromatic carbocycles. The Morgan fingerprint density at radius 1 is 0.792 bits per heavy atom. The lowest BCUT2D eigenvalue weighted by atomic mass is 9.79. The molecule has 0 aliphatic heterocycles. The van der Waals surface area contributed by atoms with E-state index < -0.39 is 30.6 Å². The highest BCUT2D eigenvalue weighted by Gasteiger charge is 2.33. The van der Waals surface area contributed by atoms with Gasteiger partial charge in [0.1, 0.15) is 23.3 Å². The van der Waals surface area contributed by atoms with Crippen LogP contribution in [0.3, 0.4) is 0 Å². The lowest BCUT2D eigenvalue weighted by molar-refractivity contribution is -0.138. The molecule has 0 saturated carbocycles. The van der Waals surface area contributed by atoms with Crippen molar-refractivity contribution in [3.8, 4) is 34.4 Å². The van der Waals surface area contributed by atoms with Gasteiger partial charge in [-0.05, 0) is 36.4 Å². The fourth-order valence-electron chi connectivity index (χ4n) is 4.00. The lowest BCUT2D eigenvalue weighted by Gasteiger charge is -2.14. The monoisotopic (exact) mass is 698 g/mol. The summed E-state index contributed by atoms with van der Waals surface area (Å²) >= 11 is 1.32. The summed E-state index contributed by atoms with van der Waals surface area (Å²) < 4.78 is 103. The Balaban J connectivity index is 0.000000260. The average Bonchev–Trinajstić information content (AvgIpc) is 3.43. The second kappa shape index (κ2) is 15.5. The summed E-state index contributed by atoms with van der Waals surface area (Å²) in [6.45, 7) is -0.517. The van der Waals surface area contributed by atoms with Gasteiger partial charge in [0.05, 0.1) is 21.5 Å². The van der Waals surface area contributed by atoms with Crippen molar-refractivity contribution in [1.82, 2.24) is 15.0 Å². The van der Waals surface area contributed by atoms with E-state index in [1.54, 1.807) is 12.1 Å². The first-order valence-corrected chi connectivity index (χ1v) is 14.2. The molecule has 11 nitrogen and oxygen atoms in total. The van der Waals surface area contributed by atoms with Crippen LogP contribution < -0.4 is 25.4 Å². The van der Waals surface area contributed by atoms with Crippen LogP contribution in [0.4, 0.5) is 31.5 Å². The molecule has 2 aromatic heterocycles. The molecule has 0 amide bonds. The van der Waals surface area contributed by atoms with Gasteiger partial charge in [0.15, 0.2) is 24.5 Å². The highest BCUT2D eigenvalue weighted by Crippen LogP contribution is 2.38. The molecule has 0 unspecified atom stereocenters. The van der Waals surface area contributed by atoms with Gasteiger partial charge in [-0.1, -0.05) is 29.5 Å². The average molecular weight is 698 g/mol. The van der Waals surface area contributed by atoms with Crippen LogP contribution in [0.15, 0.2) is 67.0 Å². The molecule has 0 radical (unpaired) electrons. The number of halogens is 6. The first-order valence-electron chi connectivity index (χ1n) is 13.4. The van der Waals surface area contributed by atoms with Gasteiger partial charge in [0, 0.05) is 31.3 Å². The predicted octanol–water partition coefficient (Wildman–Crippen LogP) is 5.50. The van der Waals surface area contributed by atoms with Crippen LogP contribution in [-0.4, -0.2) is 59.9 Å². The number of nitrogen functional groups attached to an aromatic ring is 1. The first kappa shape index (κ1) is 36.2. The van der Waals surface area contributed by atoms with Crippen molar-refractivity contribution in [2.45, 2.75) is 12.4 Å². The molecule has 4 N–H and O–H groups in total. The second-order valence-corrected chi connectivity index (χ2v) is 10.5. The summed E-state index contributed by atoms with van der Waals surface area (Å²) in [5.41, 5.74) is 5.06. The van der Waals surface area contributed by atoms with Gasteiger partial charge in [-0.2, -0.15) is 26.3 Å². The molecule has 0 aliphatic carbocycles. The lowest BCUT2D eigenvalue weighted by Crippen LogP contribution is -2.32. The van der Waals surface area contributed by atoms with Gasteiger partial charge >= 0.3 is 19.5 Å². The molecule has 0 aliphatic rings. The number of nitrogens with two attached hydrogens (primary N) is 1. The minimum absolute atomic E-state index is 0.0318. The van der Waals surface area contributed by atoms with Crippen LogP contribution in [0.2, 0.25) is 0 Å². The normalized spacial score (nSPS) is 11.5. The fourth-order valence-corrected chi connectivity index (χ4v) is 4.75. The van der Waals surface area contributed by atoms with Crippen molar-refractivity contribution in [2.75, 3.05) is 33.5 Å². The Morgan fingerprint density at radius 3 is 2.04 bits per heavy atom. The fraction of sp³-hybridized carbons (Fsp3) is 0.207. The molecule has 19 heteroatoms. The Morgan fingerprint density at radius 2 is 1.42 bits per heavy atom. The van der Waals surface area contributed by atoms with E-state index in [0.29, 0.717) is 33.7 Å². The third-order valence-electron chi connectivity index (χ3n) is 6.12. The summed E-state index contributed by atoms with van der Waals surface area (Å²) in [4.78, 5) is 12.5. The van der Waals surface area contributed by atoms with E-state index in [2.05, 4.69) is 19.7 Å². The topological polar surface area (TPSA) is 151 Å². The van der Waals surface area contributed by atoms with E-state index in [0.717, 1.165) is 29.0 Å². The van der Waals surface area contributed by atoms with Crippen LogP contribution in [0, 0.1) is 0 Å². The quantitative estimate of drug-likeness (QED) is 0.0964. The number of ether oxygens (including phenoxy) is 5. The molecule has 0 atom stereocenters. The minimum atomic E-state index is -4.52. The second-order valence-electron chi connectivity index (χ2n) is 9.43. The maximum absolute atomic E-state index is 13.1. The molecule has 48 heavy (non-hydrogen) atoms. The number of rotatable bonds is 10. The number of anilines is 1. The molecular formula is C29H25BF6N4O7S. The number of hydrogen-bond donors (Lipinski definition) is 3. The van der Waals surface area contributed by atoms with Crippen LogP contribution in [-0.2, 0) is 21.8 Å². The van der Waals surface area contributed by atoms with Crippen LogP contribution in [0.1, 0.15) is 11.1 Å². The molecule has 0 bridgehead atoms. The number of hydrogen-bond acceptors (Lipinski definition) is 12. The summed E-state index contributed by atoms with van der Waals surface area (Å²) in [7, 11) is 0.752. The number of benzene rings is 3. The van der Waals surface area contributed by atoms with Gasteiger partial charge in [-0.25, -0.2) is 15.0 Å². The molecule has 0 fully saturated rings. The van der Waals surface area contributed by atoms with Crippen molar-refractivity contribution in [3.05, 3.63) is 78.1 Å². The highest BCUT2D eigenvalue weighted by atomic mass is 32.1. The Bertz CT molecular complexity index is 1840. The molecule has 5 aromatic rings. The predicted molar refractivity (Wildman–Crippen MR) is 163 cm³/mol. The highest BCUT2D eigenvalue weighted by molar-refractivity contribution is 7.22. The molecule has 0 saturated heterocycles. The first-order chi connectivity index (χ1) is 22.7. The van der Waals surface area contributed by atoms with Crippen molar-refractivity contribution >= 4 is 39.3 Å².